The maximum atomic E-state index is 14.5. The molecule has 3 aromatic rings. The number of carbonyl (C=O) groups is 1. The average Bonchev–Trinajstić information content (AvgIpc) is 3.41. The highest BCUT2D eigenvalue weighted by molar-refractivity contribution is 5.95. The van der Waals surface area contributed by atoms with Crippen molar-refractivity contribution in [3.63, 3.8) is 0 Å². The summed E-state index contributed by atoms with van der Waals surface area (Å²) in [7, 11) is 0. The Kier molecular flexibility index (Phi) is 4.23. The van der Waals surface area contributed by atoms with E-state index in [1.807, 2.05) is 37.3 Å². The van der Waals surface area contributed by atoms with Crippen molar-refractivity contribution in [3.05, 3.63) is 82.7 Å². The largest absolute Gasteiger partial charge is 0.344 e. The maximum absolute atomic E-state index is 14.5. The van der Waals surface area contributed by atoms with Gasteiger partial charge < -0.3 is 5.32 Å². The molecule has 2 aliphatic rings. The second-order valence-corrected chi connectivity index (χ2v) is 7.97. The van der Waals surface area contributed by atoms with E-state index in [1.165, 1.54) is 16.8 Å². The fraction of sp³-hybridized carbons (Fsp3) is 0.304. The molecule has 2 aromatic carbocycles. The van der Waals surface area contributed by atoms with Crippen molar-refractivity contribution < 1.29 is 13.6 Å². The molecule has 148 valence electrons. The Morgan fingerprint density at radius 1 is 1.14 bits per heavy atom. The van der Waals surface area contributed by atoms with E-state index < -0.39 is 11.6 Å². The van der Waals surface area contributed by atoms with Gasteiger partial charge >= 0.3 is 0 Å². The predicted octanol–water partition coefficient (Wildman–Crippen LogP) is 5.01. The summed E-state index contributed by atoms with van der Waals surface area (Å²) in [5.41, 5.74) is 3.39. The third-order valence-corrected chi connectivity index (χ3v) is 6.19. The van der Waals surface area contributed by atoms with Gasteiger partial charge in [0.1, 0.15) is 11.5 Å². The van der Waals surface area contributed by atoms with E-state index >= 15 is 0 Å². The van der Waals surface area contributed by atoms with Gasteiger partial charge in [0.15, 0.2) is 11.5 Å². The van der Waals surface area contributed by atoms with Crippen LogP contribution in [0.1, 0.15) is 71.4 Å². The van der Waals surface area contributed by atoms with E-state index in [-0.39, 0.29) is 29.5 Å². The number of nitrogens with one attached hydrogen (secondary N) is 1. The molecule has 1 fully saturated rings. The van der Waals surface area contributed by atoms with Crippen molar-refractivity contribution in [2.45, 2.75) is 44.1 Å². The third kappa shape index (κ3) is 2.94. The summed E-state index contributed by atoms with van der Waals surface area (Å²) in [4.78, 5) is 13.1. The van der Waals surface area contributed by atoms with Crippen LogP contribution in [-0.4, -0.2) is 15.7 Å². The molecule has 1 heterocycles. The first-order valence-corrected chi connectivity index (χ1v) is 9.97. The lowest BCUT2D eigenvalue weighted by Gasteiger charge is -2.15. The number of carbonyl (C=O) groups excluding carboxylic acids is 1. The molecule has 1 saturated carbocycles. The van der Waals surface area contributed by atoms with Crippen LogP contribution in [0.4, 0.5) is 8.78 Å². The second kappa shape index (κ2) is 6.79. The topological polar surface area (TPSA) is 46.9 Å². The van der Waals surface area contributed by atoms with Crippen molar-refractivity contribution in [1.82, 2.24) is 15.1 Å². The number of hydrogen-bond donors (Lipinski definition) is 1. The second-order valence-electron chi connectivity index (χ2n) is 7.97. The van der Waals surface area contributed by atoms with E-state index in [0.717, 1.165) is 42.1 Å². The standard InChI is InChI=1S/C23H21F2N3O/c1-13(14-5-3-2-4-6-14)26-23(29)21-20-15-7-8-16(11-15)22(20)28(27-21)19-10-9-17(24)12-18(19)25/h2-6,9-10,12-13,15-16H,7-8,11H2,1H3,(H,26,29)/t13-,15?,16?/m1/s1. The van der Waals surface area contributed by atoms with Crippen LogP contribution >= 0.6 is 0 Å². The highest BCUT2D eigenvalue weighted by Crippen LogP contribution is 2.54. The molecule has 0 aliphatic heterocycles. The van der Waals surface area contributed by atoms with Gasteiger partial charge in [0.25, 0.3) is 5.91 Å². The Morgan fingerprint density at radius 2 is 1.90 bits per heavy atom. The number of fused-ring (bicyclic) bond motifs is 5. The number of halogens is 2. The van der Waals surface area contributed by atoms with Crippen LogP contribution in [0.2, 0.25) is 0 Å². The Bertz CT molecular complexity index is 1090. The van der Waals surface area contributed by atoms with Gasteiger partial charge in [0.2, 0.25) is 0 Å². The highest BCUT2D eigenvalue weighted by atomic mass is 19.1. The van der Waals surface area contributed by atoms with Gasteiger partial charge in [-0.3, -0.25) is 4.79 Å². The zero-order valence-corrected chi connectivity index (χ0v) is 16.0. The molecule has 0 saturated heterocycles. The number of benzene rings is 2. The van der Waals surface area contributed by atoms with Crippen LogP contribution in [0, 0.1) is 11.6 Å². The monoisotopic (exact) mass is 393 g/mol. The fourth-order valence-electron chi connectivity index (χ4n) is 4.82. The summed E-state index contributed by atoms with van der Waals surface area (Å²) in [6.45, 7) is 1.93. The number of rotatable bonds is 4. The summed E-state index contributed by atoms with van der Waals surface area (Å²) >= 11 is 0. The molecule has 2 unspecified atom stereocenters. The van der Waals surface area contributed by atoms with Gasteiger partial charge in [-0.15, -0.1) is 0 Å². The van der Waals surface area contributed by atoms with E-state index in [4.69, 9.17) is 0 Å². The summed E-state index contributed by atoms with van der Waals surface area (Å²) in [6.07, 6.45) is 2.99. The molecule has 2 aliphatic carbocycles. The Balaban J connectivity index is 1.54. The number of amides is 1. The molecule has 3 atom stereocenters. The minimum atomic E-state index is -0.678. The summed E-state index contributed by atoms with van der Waals surface area (Å²) in [5.74, 6) is -1.03. The Labute approximate surface area is 167 Å². The quantitative estimate of drug-likeness (QED) is 0.678. The minimum Gasteiger partial charge on any atom is -0.344 e. The molecule has 6 heteroatoms. The number of hydrogen-bond acceptors (Lipinski definition) is 2. The SMILES string of the molecule is C[C@@H](NC(=O)c1nn(-c2ccc(F)cc2F)c2c1C1CCC2C1)c1ccccc1. The molecule has 0 spiro atoms. The van der Waals surface area contributed by atoms with Crippen molar-refractivity contribution >= 4 is 5.91 Å². The molecule has 1 amide bonds. The maximum Gasteiger partial charge on any atom is 0.272 e. The first-order valence-electron chi connectivity index (χ1n) is 9.97. The van der Waals surface area contributed by atoms with Gasteiger partial charge in [0.05, 0.1) is 11.7 Å². The van der Waals surface area contributed by atoms with Crippen LogP contribution < -0.4 is 5.32 Å². The van der Waals surface area contributed by atoms with Crippen molar-refractivity contribution in [2.24, 2.45) is 0 Å². The Hall–Kier alpha value is -3.02. The summed E-state index contributed by atoms with van der Waals surface area (Å²) in [6, 6.07) is 13.0. The number of nitrogens with zero attached hydrogens (tertiary/aromatic N) is 2. The molecule has 2 bridgehead atoms. The molecular formula is C23H21F2N3O. The molecular weight excluding hydrogens is 372 g/mol. The normalized spacial score (nSPS) is 20.5. The smallest absolute Gasteiger partial charge is 0.272 e. The van der Waals surface area contributed by atoms with E-state index in [2.05, 4.69) is 10.4 Å². The zero-order valence-electron chi connectivity index (χ0n) is 16.0. The molecule has 4 nitrogen and oxygen atoms in total. The van der Waals surface area contributed by atoms with Gasteiger partial charge in [0, 0.05) is 17.5 Å². The first-order chi connectivity index (χ1) is 14.0. The molecule has 1 aromatic heterocycles. The fourth-order valence-corrected chi connectivity index (χ4v) is 4.82. The van der Waals surface area contributed by atoms with Crippen LogP contribution in [0.5, 0.6) is 0 Å². The van der Waals surface area contributed by atoms with Crippen molar-refractivity contribution in [3.8, 4) is 5.69 Å². The summed E-state index contributed by atoms with van der Waals surface area (Å²) < 4.78 is 29.4. The van der Waals surface area contributed by atoms with Gasteiger partial charge in [-0.25, -0.2) is 13.5 Å². The van der Waals surface area contributed by atoms with Crippen molar-refractivity contribution in [1.29, 1.82) is 0 Å². The molecule has 0 radical (unpaired) electrons. The average molecular weight is 393 g/mol. The predicted molar refractivity (Wildman–Crippen MR) is 105 cm³/mol. The first kappa shape index (κ1) is 18.0. The van der Waals surface area contributed by atoms with Crippen molar-refractivity contribution in [2.75, 3.05) is 0 Å². The Morgan fingerprint density at radius 3 is 2.66 bits per heavy atom. The highest BCUT2D eigenvalue weighted by Gasteiger charge is 2.44. The lowest BCUT2D eigenvalue weighted by molar-refractivity contribution is 0.0933. The van der Waals surface area contributed by atoms with E-state index in [9.17, 15) is 13.6 Å². The van der Waals surface area contributed by atoms with Gasteiger partial charge in [-0.2, -0.15) is 5.10 Å². The minimum absolute atomic E-state index is 0.175. The number of aromatic nitrogens is 2. The zero-order chi connectivity index (χ0) is 20.1. The van der Waals surface area contributed by atoms with Crippen LogP contribution in [0.3, 0.4) is 0 Å². The third-order valence-electron chi connectivity index (χ3n) is 6.19. The molecule has 5 rings (SSSR count). The molecule has 29 heavy (non-hydrogen) atoms. The molecule has 1 N–H and O–H groups in total. The van der Waals surface area contributed by atoms with Crippen LogP contribution in [-0.2, 0) is 0 Å². The lowest BCUT2D eigenvalue weighted by atomic mass is 9.95. The lowest BCUT2D eigenvalue weighted by Crippen LogP contribution is -2.28. The van der Waals surface area contributed by atoms with Crippen LogP contribution in [0.25, 0.3) is 5.69 Å². The van der Waals surface area contributed by atoms with E-state index in [1.54, 1.807) is 0 Å². The van der Waals surface area contributed by atoms with Gasteiger partial charge in [-0.05, 0) is 49.8 Å². The van der Waals surface area contributed by atoms with Gasteiger partial charge in [-0.1, -0.05) is 30.3 Å². The van der Waals surface area contributed by atoms with E-state index in [0.29, 0.717) is 5.69 Å². The summed E-state index contributed by atoms with van der Waals surface area (Å²) in [5, 5.41) is 7.54. The van der Waals surface area contributed by atoms with Crippen LogP contribution in [0.15, 0.2) is 48.5 Å².